The van der Waals surface area contributed by atoms with E-state index in [4.69, 9.17) is 0 Å². The van der Waals surface area contributed by atoms with Gasteiger partial charge in [0.25, 0.3) is 0 Å². The van der Waals surface area contributed by atoms with E-state index in [2.05, 4.69) is 60.1 Å². The van der Waals surface area contributed by atoms with Crippen molar-refractivity contribution in [1.82, 2.24) is 10.2 Å². The van der Waals surface area contributed by atoms with Crippen molar-refractivity contribution >= 4 is 17.7 Å². The smallest absolute Gasteiger partial charge is 0.234 e. The number of hydrogen-bond acceptors (Lipinski definition) is 3. The Morgan fingerprint density at radius 1 is 0.893 bits per heavy atom. The van der Waals surface area contributed by atoms with Crippen LogP contribution in [-0.2, 0) is 11.3 Å². The first kappa shape index (κ1) is 20.2. The van der Waals surface area contributed by atoms with Gasteiger partial charge in [0.05, 0.1) is 12.6 Å². The summed E-state index contributed by atoms with van der Waals surface area (Å²) < 4.78 is 0. The van der Waals surface area contributed by atoms with Crippen molar-refractivity contribution in [3.63, 3.8) is 0 Å². The van der Waals surface area contributed by atoms with Gasteiger partial charge in [0.15, 0.2) is 0 Å². The normalized spacial score (nSPS) is 11.0. The molecule has 0 aromatic heterocycles. The number of benzene rings is 3. The third-order valence-electron chi connectivity index (χ3n) is 4.60. The van der Waals surface area contributed by atoms with E-state index in [1.807, 2.05) is 48.3 Å². The highest BCUT2D eigenvalue weighted by atomic mass is 32.2. The maximum absolute atomic E-state index is 12.7. The van der Waals surface area contributed by atoms with E-state index in [9.17, 15) is 4.79 Å². The molecule has 3 aromatic rings. The lowest BCUT2D eigenvalue weighted by molar-refractivity contribution is -0.122. The highest BCUT2D eigenvalue weighted by Gasteiger charge is 2.17. The standard InChI is InChI=1S/C24H26N2OS/c1-26(17-19-13-15-22(28-2)16-14-19)18-23(27)25-24(20-9-5-3-6-10-20)21-11-7-4-8-12-21/h3-16,24H,17-18H2,1-2H3,(H,25,27). The molecule has 3 nitrogen and oxygen atoms in total. The Morgan fingerprint density at radius 3 is 1.93 bits per heavy atom. The van der Waals surface area contributed by atoms with Gasteiger partial charge in [0.1, 0.15) is 0 Å². The molecule has 144 valence electrons. The molecule has 28 heavy (non-hydrogen) atoms. The Kier molecular flexibility index (Phi) is 7.29. The molecule has 0 saturated heterocycles. The molecule has 3 rings (SSSR count). The van der Waals surface area contributed by atoms with Crippen LogP contribution >= 0.6 is 11.8 Å². The zero-order valence-corrected chi connectivity index (χ0v) is 17.2. The molecular weight excluding hydrogens is 364 g/mol. The highest BCUT2D eigenvalue weighted by molar-refractivity contribution is 7.98. The predicted octanol–water partition coefficient (Wildman–Crippen LogP) is 4.75. The third-order valence-corrected chi connectivity index (χ3v) is 5.34. The molecule has 1 amide bonds. The minimum atomic E-state index is -0.149. The Bertz CT molecular complexity index is 827. The molecule has 4 heteroatoms. The summed E-state index contributed by atoms with van der Waals surface area (Å²) in [6.45, 7) is 1.09. The molecule has 0 aliphatic carbocycles. The fourth-order valence-electron chi connectivity index (χ4n) is 3.20. The summed E-state index contributed by atoms with van der Waals surface area (Å²) in [7, 11) is 1.97. The number of nitrogens with zero attached hydrogens (tertiary/aromatic N) is 1. The SMILES string of the molecule is CSc1ccc(CN(C)CC(=O)NC(c2ccccc2)c2ccccc2)cc1. The van der Waals surface area contributed by atoms with Gasteiger partial charge in [-0.25, -0.2) is 0 Å². The van der Waals surface area contributed by atoms with Crippen molar-refractivity contribution < 1.29 is 4.79 Å². The maximum Gasteiger partial charge on any atom is 0.234 e. The topological polar surface area (TPSA) is 32.3 Å². The van der Waals surface area contributed by atoms with Crippen LogP contribution in [0.25, 0.3) is 0 Å². The van der Waals surface area contributed by atoms with E-state index < -0.39 is 0 Å². The second-order valence-electron chi connectivity index (χ2n) is 6.84. The number of likely N-dealkylation sites (N-methyl/N-ethyl adjacent to an activating group) is 1. The van der Waals surface area contributed by atoms with Gasteiger partial charge >= 0.3 is 0 Å². The molecule has 0 saturated carbocycles. The summed E-state index contributed by atoms with van der Waals surface area (Å²) in [6, 6.07) is 28.5. The molecule has 3 aromatic carbocycles. The second kappa shape index (κ2) is 10.1. The molecule has 0 fully saturated rings. The van der Waals surface area contributed by atoms with Gasteiger partial charge in [-0.2, -0.15) is 0 Å². The molecular formula is C24H26N2OS. The quantitative estimate of drug-likeness (QED) is 0.564. The Morgan fingerprint density at radius 2 is 1.43 bits per heavy atom. The van der Waals surface area contributed by atoms with Crippen LogP contribution in [0.5, 0.6) is 0 Å². The van der Waals surface area contributed by atoms with Gasteiger partial charge in [-0.05, 0) is 42.1 Å². The van der Waals surface area contributed by atoms with E-state index >= 15 is 0 Å². The fraction of sp³-hybridized carbons (Fsp3) is 0.208. The molecule has 0 bridgehead atoms. The van der Waals surface area contributed by atoms with E-state index in [0.717, 1.165) is 17.7 Å². The first-order chi connectivity index (χ1) is 13.7. The Hall–Kier alpha value is -2.56. The van der Waals surface area contributed by atoms with E-state index in [1.54, 1.807) is 11.8 Å². The summed E-state index contributed by atoms with van der Waals surface area (Å²) in [4.78, 5) is 16.0. The summed E-state index contributed by atoms with van der Waals surface area (Å²) in [5, 5.41) is 3.20. The molecule has 0 radical (unpaired) electrons. The summed E-state index contributed by atoms with van der Waals surface area (Å²) in [6.07, 6.45) is 2.07. The molecule has 0 spiro atoms. The largest absolute Gasteiger partial charge is 0.344 e. The highest BCUT2D eigenvalue weighted by Crippen LogP contribution is 2.21. The van der Waals surface area contributed by atoms with Crippen LogP contribution in [-0.4, -0.2) is 30.7 Å². The second-order valence-corrected chi connectivity index (χ2v) is 7.72. The molecule has 0 aliphatic heterocycles. The average Bonchev–Trinajstić information content (AvgIpc) is 2.74. The monoisotopic (exact) mass is 390 g/mol. The van der Waals surface area contributed by atoms with E-state index in [-0.39, 0.29) is 11.9 Å². The average molecular weight is 391 g/mol. The first-order valence-corrected chi connectivity index (χ1v) is 10.6. The minimum Gasteiger partial charge on any atom is -0.344 e. The van der Waals surface area contributed by atoms with Gasteiger partial charge in [0, 0.05) is 11.4 Å². The van der Waals surface area contributed by atoms with Crippen molar-refractivity contribution in [2.45, 2.75) is 17.5 Å². The van der Waals surface area contributed by atoms with Crippen molar-refractivity contribution in [2.24, 2.45) is 0 Å². The lowest BCUT2D eigenvalue weighted by Crippen LogP contribution is -2.37. The molecule has 0 heterocycles. The molecule has 0 atom stereocenters. The van der Waals surface area contributed by atoms with Gasteiger partial charge < -0.3 is 5.32 Å². The van der Waals surface area contributed by atoms with Gasteiger partial charge in [0.2, 0.25) is 5.91 Å². The predicted molar refractivity (Wildman–Crippen MR) is 117 cm³/mol. The fourth-order valence-corrected chi connectivity index (χ4v) is 3.61. The van der Waals surface area contributed by atoms with Gasteiger partial charge in [-0.1, -0.05) is 72.8 Å². The number of carbonyl (C=O) groups is 1. The van der Waals surface area contributed by atoms with Crippen LogP contribution in [0.15, 0.2) is 89.8 Å². The lowest BCUT2D eigenvalue weighted by Gasteiger charge is -2.22. The van der Waals surface area contributed by atoms with Crippen molar-refractivity contribution in [2.75, 3.05) is 19.8 Å². The van der Waals surface area contributed by atoms with Crippen molar-refractivity contribution in [3.8, 4) is 0 Å². The summed E-state index contributed by atoms with van der Waals surface area (Å²) in [5.74, 6) is 0.0148. The number of thioether (sulfide) groups is 1. The van der Waals surface area contributed by atoms with Gasteiger partial charge in [-0.15, -0.1) is 11.8 Å². The van der Waals surface area contributed by atoms with Crippen LogP contribution in [0.4, 0.5) is 0 Å². The van der Waals surface area contributed by atoms with Crippen LogP contribution in [0, 0.1) is 0 Å². The van der Waals surface area contributed by atoms with E-state index in [1.165, 1.54) is 10.5 Å². The molecule has 0 unspecified atom stereocenters. The lowest BCUT2D eigenvalue weighted by atomic mass is 9.99. The van der Waals surface area contributed by atoms with Crippen molar-refractivity contribution in [1.29, 1.82) is 0 Å². The number of amides is 1. The van der Waals surface area contributed by atoms with E-state index in [0.29, 0.717) is 6.54 Å². The molecule has 0 aliphatic rings. The molecule has 1 N–H and O–H groups in total. The number of rotatable bonds is 8. The number of nitrogens with one attached hydrogen (secondary N) is 1. The minimum absolute atomic E-state index is 0.0148. The van der Waals surface area contributed by atoms with Crippen LogP contribution in [0.2, 0.25) is 0 Å². The van der Waals surface area contributed by atoms with Crippen LogP contribution in [0.1, 0.15) is 22.7 Å². The number of carbonyl (C=O) groups excluding carboxylic acids is 1. The Balaban J connectivity index is 1.64. The summed E-state index contributed by atoms with van der Waals surface area (Å²) >= 11 is 1.73. The summed E-state index contributed by atoms with van der Waals surface area (Å²) in [5.41, 5.74) is 3.37. The first-order valence-electron chi connectivity index (χ1n) is 9.36. The zero-order valence-electron chi connectivity index (χ0n) is 16.3. The third kappa shape index (κ3) is 5.72. The van der Waals surface area contributed by atoms with Gasteiger partial charge in [-0.3, -0.25) is 9.69 Å². The van der Waals surface area contributed by atoms with Crippen molar-refractivity contribution in [3.05, 3.63) is 102 Å². The van der Waals surface area contributed by atoms with Crippen LogP contribution < -0.4 is 5.32 Å². The zero-order chi connectivity index (χ0) is 19.8. The maximum atomic E-state index is 12.7. The number of hydrogen-bond donors (Lipinski definition) is 1. The Labute approximate surface area is 171 Å². The van der Waals surface area contributed by atoms with Crippen LogP contribution in [0.3, 0.4) is 0 Å².